The number of aromatic amines is 1. The van der Waals surface area contributed by atoms with Gasteiger partial charge in [-0.25, -0.2) is 9.97 Å². The van der Waals surface area contributed by atoms with E-state index in [4.69, 9.17) is 4.98 Å². The molecule has 140 valence electrons. The lowest BCUT2D eigenvalue weighted by Gasteiger charge is -2.35. The zero-order valence-electron chi connectivity index (χ0n) is 15.2. The van der Waals surface area contributed by atoms with Crippen LogP contribution in [0.15, 0.2) is 54.3 Å². The molecule has 1 saturated heterocycles. The summed E-state index contributed by atoms with van der Waals surface area (Å²) in [6, 6.07) is 9.75. The first kappa shape index (κ1) is 17.1. The number of benzene rings is 1. The number of nitrogens with one attached hydrogen (secondary N) is 1. The van der Waals surface area contributed by atoms with Crippen LogP contribution in [0.5, 0.6) is 0 Å². The molecule has 1 aliphatic rings. The van der Waals surface area contributed by atoms with E-state index in [9.17, 15) is 4.79 Å². The first-order valence-electron chi connectivity index (χ1n) is 9.40. The molecule has 0 saturated carbocycles. The summed E-state index contributed by atoms with van der Waals surface area (Å²) in [5.74, 6) is 0.0447. The molecule has 1 N–H and O–H groups in total. The van der Waals surface area contributed by atoms with Crippen LogP contribution in [-0.4, -0.2) is 37.5 Å². The van der Waals surface area contributed by atoms with Crippen molar-refractivity contribution in [2.75, 3.05) is 6.54 Å². The lowest BCUT2D eigenvalue weighted by atomic mass is 9.99. The van der Waals surface area contributed by atoms with Crippen molar-refractivity contribution in [2.24, 2.45) is 0 Å². The minimum absolute atomic E-state index is 0.0447. The Labute approximate surface area is 166 Å². The molecule has 6 nitrogen and oxygen atoms in total. The predicted molar refractivity (Wildman–Crippen MR) is 109 cm³/mol. The van der Waals surface area contributed by atoms with Crippen molar-refractivity contribution in [3.8, 4) is 11.3 Å². The van der Waals surface area contributed by atoms with Crippen molar-refractivity contribution in [1.29, 1.82) is 0 Å². The Hall–Kier alpha value is -3.06. The molecule has 5 rings (SSSR count). The number of piperidine rings is 1. The Balaban J connectivity index is 1.62. The van der Waals surface area contributed by atoms with Crippen LogP contribution in [0, 0.1) is 0 Å². The number of carbonyl (C=O) groups is 1. The molecule has 28 heavy (non-hydrogen) atoms. The van der Waals surface area contributed by atoms with Gasteiger partial charge in [-0.1, -0.05) is 18.2 Å². The van der Waals surface area contributed by atoms with Gasteiger partial charge < -0.3 is 4.90 Å². The van der Waals surface area contributed by atoms with Crippen LogP contribution >= 0.6 is 11.3 Å². The highest BCUT2D eigenvalue weighted by molar-refractivity contribution is 7.09. The van der Waals surface area contributed by atoms with Crippen LogP contribution in [0.1, 0.15) is 40.7 Å². The van der Waals surface area contributed by atoms with E-state index in [0.29, 0.717) is 5.56 Å². The van der Waals surface area contributed by atoms with Crippen molar-refractivity contribution in [2.45, 2.75) is 25.3 Å². The minimum Gasteiger partial charge on any atom is -0.329 e. The van der Waals surface area contributed by atoms with E-state index in [1.807, 2.05) is 46.8 Å². The molecule has 4 heterocycles. The fourth-order valence-corrected chi connectivity index (χ4v) is 4.66. The SMILES string of the molecule is O=C(c1cc(-c2cn[nH]c2)nc2ccccc12)N1CCCCC1c1nccs1. The summed E-state index contributed by atoms with van der Waals surface area (Å²) in [4.78, 5) is 24.9. The number of thiazole rings is 1. The van der Waals surface area contributed by atoms with E-state index in [2.05, 4.69) is 15.2 Å². The van der Waals surface area contributed by atoms with E-state index >= 15 is 0 Å². The van der Waals surface area contributed by atoms with Gasteiger partial charge in [0.1, 0.15) is 5.01 Å². The number of H-pyrrole nitrogens is 1. The summed E-state index contributed by atoms with van der Waals surface area (Å²) in [6.45, 7) is 0.751. The number of hydrogen-bond acceptors (Lipinski definition) is 5. The lowest BCUT2D eigenvalue weighted by molar-refractivity contribution is 0.0613. The van der Waals surface area contributed by atoms with Gasteiger partial charge in [0, 0.05) is 35.3 Å². The van der Waals surface area contributed by atoms with Crippen molar-refractivity contribution in [3.63, 3.8) is 0 Å². The van der Waals surface area contributed by atoms with Crippen molar-refractivity contribution < 1.29 is 4.79 Å². The average molecular weight is 389 g/mol. The van der Waals surface area contributed by atoms with Crippen molar-refractivity contribution >= 4 is 28.1 Å². The molecular formula is C21H19N5OS. The van der Waals surface area contributed by atoms with Crippen molar-refractivity contribution in [1.82, 2.24) is 25.1 Å². The van der Waals surface area contributed by atoms with Gasteiger partial charge >= 0.3 is 0 Å². The van der Waals surface area contributed by atoms with Gasteiger partial charge in [-0.15, -0.1) is 11.3 Å². The van der Waals surface area contributed by atoms with Gasteiger partial charge in [-0.3, -0.25) is 9.89 Å². The zero-order chi connectivity index (χ0) is 18.9. The number of hydrogen-bond donors (Lipinski definition) is 1. The smallest absolute Gasteiger partial charge is 0.255 e. The maximum absolute atomic E-state index is 13.7. The van der Waals surface area contributed by atoms with Crippen LogP contribution in [0.3, 0.4) is 0 Å². The number of fused-ring (bicyclic) bond motifs is 1. The van der Waals surface area contributed by atoms with Crippen molar-refractivity contribution in [3.05, 3.63) is 64.9 Å². The molecule has 0 spiro atoms. The Morgan fingerprint density at radius 3 is 3.00 bits per heavy atom. The number of rotatable bonds is 3. The summed E-state index contributed by atoms with van der Waals surface area (Å²) in [7, 11) is 0. The quantitative estimate of drug-likeness (QED) is 0.562. The lowest BCUT2D eigenvalue weighted by Crippen LogP contribution is -2.38. The topological polar surface area (TPSA) is 74.8 Å². The summed E-state index contributed by atoms with van der Waals surface area (Å²) in [5, 5.41) is 10.7. The van der Waals surface area contributed by atoms with E-state index in [1.165, 1.54) is 0 Å². The largest absolute Gasteiger partial charge is 0.329 e. The predicted octanol–water partition coefficient (Wildman–Crippen LogP) is 4.45. The average Bonchev–Trinajstić information content (AvgIpc) is 3.47. The summed E-state index contributed by atoms with van der Waals surface area (Å²) in [5.41, 5.74) is 3.12. The molecule has 0 aliphatic carbocycles. The van der Waals surface area contributed by atoms with E-state index < -0.39 is 0 Å². The molecule has 0 radical (unpaired) electrons. The molecule has 1 unspecified atom stereocenters. The normalized spacial score (nSPS) is 17.1. The van der Waals surface area contributed by atoms with E-state index in [-0.39, 0.29) is 11.9 Å². The number of pyridine rings is 1. The number of para-hydroxylation sites is 1. The second-order valence-electron chi connectivity index (χ2n) is 6.94. The molecule has 1 atom stereocenters. The van der Waals surface area contributed by atoms with E-state index in [0.717, 1.165) is 53.0 Å². The maximum atomic E-state index is 13.7. The third-order valence-corrected chi connectivity index (χ3v) is 6.12. The molecule has 1 amide bonds. The molecule has 1 aromatic carbocycles. The zero-order valence-corrected chi connectivity index (χ0v) is 16.0. The van der Waals surface area contributed by atoms with Crippen LogP contribution in [0.2, 0.25) is 0 Å². The molecule has 1 fully saturated rings. The first-order valence-corrected chi connectivity index (χ1v) is 10.3. The Kier molecular flexibility index (Phi) is 4.37. The molecule has 1 aliphatic heterocycles. The summed E-state index contributed by atoms with van der Waals surface area (Å²) >= 11 is 1.62. The highest BCUT2D eigenvalue weighted by atomic mass is 32.1. The molecule has 4 aromatic rings. The molecule has 7 heteroatoms. The van der Waals surface area contributed by atoms with Gasteiger partial charge in [0.15, 0.2) is 0 Å². The second-order valence-corrected chi connectivity index (χ2v) is 7.87. The fraction of sp³-hybridized carbons (Fsp3) is 0.238. The van der Waals surface area contributed by atoms with Gasteiger partial charge in [0.05, 0.1) is 29.0 Å². The van der Waals surface area contributed by atoms with Gasteiger partial charge in [-0.05, 0) is 31.4 Å². The standard InChI is InChI=1S/C21H19N5OS/c27-21(26-9-4-3-7-19(26)20-22-8-10-28-20)16-11-18(14-12-23-24-13-14)25-17-6-2-1-5-15(16)17/h1-2,5-6,8,10-13,19H,3-4,7,9H2,(H,23,24). The summed E-state index contributed by atoms with van der Waals surface area (Å²) in [6.07, 6.45) is 8.43. The number of nitrogens with zero attached hydrogens (tertiary/aromatic N) is 4. The van der Waals surface area contributed by atoms with Gasteiger partial charge in [0.2, 0.25) is 0 Å². The van der Waals surface area contributed by atoms with Gasteiger partial charge in [-0.2, -0.15) is 5.10 Å². The van der Waals surface area contributed by atoms with Gasteiger partial charge in [0.25, 0.3) is 5.91 Å². The second kappa shape index (κ2) is 7.16. The Morgan fingerprint density at radius 2 is 2.18 bits per heavy atom. The monoisotopic (exact) mass is 389 g/mol. The minimum atomic E-state index is 0.0447. The molecule has 3 aromatic heterocycles. The van der Waals surface area contributed by atoms with Crippen LogP contribution in [0.4, 0.5) is 0 Å². The highest BCUT2D eigenvalue weighted by Crippen LogP contribution is 2.34. The third-order valence-electron chi connectivity index (χ3n) is 5.24. The third kappa shape index (κ3) is 2.97. The molecular weight excluding hydrogens is 370 g/mol. The van der Waals surface area contributed by atoms with Crippen LogP contribution in [0.25, 0.3) is 22.2 Å². The number of likely N-dealkylation sites (tertiary alicyclic amines) is 1. The van der Waals surface area contributed by atoms with Crippen LogP contribution < -0.4 is 0 Å². The number of aromatic nitrogens is 4. The van der Waals surface area contributed by atoms with E-state index in [1.54, 1.807) is 23.7 Å². The number of carbonyl (C=O) groups excluding carboxylic acids is 1. The highest BCUT2D eigenvalue weighted by Gasteiger charge is 2.31. The first-order chi connectivity index (χ1) is 13.8. The van der Waals surface area contributed by atoms with Crippen LogP contribution in [-0.2, 0) is 0 Å². The molecule has 0 bridgehead atoms. The Morgan fingerprint density at radius 1 is 1.25 bits per heavy atom. The fourth-order valence-electron chi connectivity index (χ4n) is 3.88. The maximum Gasteiger partial charge on any atom is 0.255 e. The Bertz CT molecular complexity index is 1110. The summed E-state index contributed by atoms with van der Waals surface area (Å²) < 4.78 is 0. The number of amides is 1.